The number of rotatable bonds is 5. The number of para-hydroxylation sites is 2. The minimum Gasteiger partial charge on any atom is -0.343 e. The third-order valence-electron chi connectivity index (χ3n) is 5.25. The van der Waals surface area contributed by atoms with E-state index >= 15 is 0 Å². The van der Waals surface area contributed by atoms with Crippen molar-refractivity contribution in [2.75, 3.05) is 11.9 Å². The topological polar surface area (TPSA) is 76.0 Å². The van der Waals surface area contributed by atoms with Crippen molar-refractivity contribution in [3.05, 3.63) is 89.2 Å². The molecule has 0 radical (unpaired) electrons. The Bertz CT molecular complexity index is 1260. The number of aryl methyl sites for hydroxylation is 3. The van der Waals surface area contributed by atoms with E-state index in [0.29, 0.717) is 5.56 Å². The van der Waals surface area contributed by atoms with Gasteiger partial charge in [0, 0.05) is 16.9 Å². The maximum atomic E-state index is 12.6. The van der Waals surface area contributed by atoms with Gasteiger partial charge in [0.1, 0.15) is 5.82 Å². The maximum absolute atomic E-state index is 12.6. The fourth-order valence-electron chi connectivity index (χ4n) is 3.70. The largest absolute Gasteiger partial charge is 0.343 e. The van der Waals surface area contributed by atoms with E-state index in [-0.39, 0.29) is 18.4 Å². The molecule has 0 saturated heterocycles. The van der Waals surface area contributed by atoms with Gasteiger partial charge in [0.05, 0.1) is 17.6 Å². The summed E-state index contributed by atoms with van der Waals surface area (Å²) in [6.45, 7) is 5.70. The van der Waals surface area contributed by atoms with Gasteiger partial charge < -0.3 is 10.6 Å². The summed E-state index contributed by atoms with van der Waals surface area (Å²) in [5, 5.41) is 5.56. The molecule has 0 spiro atoms. The molecule has 0 atom stereocenters. The summed E-state index contributed by atoms with van der Waals surface area (Å²) < 4.78 is 2.05. The fourth-order valence-corrected chi connectivity index (χ4v) is 3.70. The van der Waals surface area contributed by atoms with E-state index in [0.717, 1.165) is 39.4 Å². The maximum Gasteiger partial charge on any atom is 0.251 e. The zero-order valence-corrected chi connectivity index (χ0v) is 17.8. The molecule has 31 heavy (non-hydrogen) atoms. The molecule has 4 aromatic rings. The Morgan fingerprint density at radius 2 is 1.61 bits per heavy atom. The second-order valence-electron chi connectivity index (χ2n) is 7.53. The molecule has 0 bridgehead atoms. The lowest BCUT2D eigenvalue weighted by Gasteiger charge is -2.12. The SMILES string of the molecule is Cc1cccc(C)c1NC(=O)CNC(=O)c1ccc2c(c1)nc(C)n2-c1ccccc1. The molecule has 0 aliphatic carbocycles. The first-order valence-corrected chi connectivity index (χ1v) is 10.1. The lowest BCUT2D eigenvalue weighted by atomic mass is 10.1. The van der Waals surface area contributed by atoms with Crippen molar-refractivity contribution in [1.29, 1.82) is 0 Å². The van der Waals surface area contributed by atoms with E-state index < -0.39 is 0 Å². The third kappa shape index (κ3) is 4.19. The monoisotopic (exact) mass is 412 g/mol. The number of imidazole rings is 1. The van der Waals surface area contributed by atoms with Crippen LogP contribution in [-0.4, -0.2) is 27.9 Å². The molecule has 2 N–H and O–H groups in total. The summed E-state index contributed by atoms with van der Waals surface area (Å²) in [6, 6.07) is 21.2. The van der Waals surface area contributed by atoms with Gasteiger partial charge in [-0.05, 0) is 62.2 Å². The van der Waals surface area contributed by atoms with Gasteiger partial charge in [-0.1, -0.05) is 36.4 Å². The number of nitrogens with zero attached hydrogens (tertiary/aromatic N) is 2. The number of hydrogen-bond donors (Lipinski definition) is 2. The van der Waals surface area contributed by atoms with Crippen LogP contribution >= 0.6 is 0 Å². The van der Waals surface area contributed by atoms with Crippen LogP contribution in [0.3, 0.4) is 0 Å². The van der Waals surface area contributed by atoms with Crippen molar-refractivity contribution < 1.29 is 9.59 Å². The number of anilines is 1. The average Bonchev–Trinajstić information content (AvgIpc) is 3.10. The van der Waals surface area contributed by atoms with Crippen LogP contribution in [0.4, 0.5) is 5.69 Å². The summed E-state index contributed by atoms with van der Waals surface area (Å²) >= 11 is 0. The van der Waals surface area contributed by atoms with E-state index in [4.69, 9.17) is 0 Å². The van der Waals surface area contributed by atoms with E-state index in [1.54, 1.807) is 12.1 Å². The van der Waals surface area contributed by atoms with Crippen molar-refractivity contribution in [2.24, 2.45) is 0 Å². The minimum absolute atomic E-state index is 0.109. The molecule has 0 aliphatic rings. The van der Waals surface area contributed by atoms with E-state index in [1.165, 1.54) is 0 Å². The van der Waals surface area contributed by atoms with Gasteiger partial charge in [-0.3, -0.25) is 14.2 Å². The van der Waals surface area contributed by atoms with Crippen LogP contribution in [0.25, 0.3) is 16.7 Å². The number of amides is 2. The smallest absolute Gasteiger partial charge is 0.251 e. The zero-order valence-electron chi connectivity index (χ0n) is 17.8. The van der Waals surface area contributed by atoms with E-state index in [9.17, 15) is 9.59 Å². The average molecular weight is 412 g/mol. The van der Waals surface area contributed by atoms with Gasteiger partial charge in [-0.25, -0.2) is 4.98 Å². The number of benzene rings is 3. The summed E-state index contributed by atoms with van der Waals surface area (Å²) in [6.07, 6.45) is 0. The van der Waals surface area contributed by atoms with Crippen LogP contribution in [0.2, 0.25) is 0 Å². The van der Waals surface area contributed by atoms with Crippen LogP contribution < -0.4 is 10.6 Å². The fraction of sp³-hybridized carbons (Fsp3) is 0.160. The molecule has 0 saturated carbocycles. The summed E-state index contributed by atoms with van der Waals surface area (Å²) in [5.41, 5.74) is 5.88. The normalized spacial score (nSPS) is 10.8. The predicted molar refractivity (Wildman–Crippen MR) is 123 cm³/mol. The van der Waals surface area contributed by atoms with Crippen LogP contribution in [0.5, 0.6) is 0 Å². The molecule has 6 nitrogen and oxygen atoms in total. The molecule has 3 aromatic carbocycles. The highest BCUT2D eigenvalue weighted by atomic mass is 16.2. The summed E-state index contributed by atoms with van der Waals surface area (Å²) in [4.78, 5) is 29.6. The predicted octanol–water partition coefficient (Wildman–Crippen LogP) is 4.32. The van der Waals surface area contributed by atoms with Gasteiger partial charge in [-0.2, -0.15) is 0 Å². The Balaban J connectivity index is 1.48. The first-order valence-electron chi connectivity index (χ1n) is 10.1. The van der Waals surface area contributed by atoms with Crippen LogP contribution in [0, 0.1) is 20.8 Å². The Hall–Kier alpha value is -3.93. The van der Waals surface area contributed by atoms with Crippen LogP contribution in [-0.2, 0) is 4.79 Å². The molecule has 0 fully saturated rings. The van der Waals surface area contributed by atoms with Crippen LogP contribution in [0.1, 0.15) is 27.3 Å². The van der Waals surface area contributed by atoms with E-state index in [2.05, 4.69) is 20.2 Å². The molecule has 0 aliphatic heterocycles. The Morgan fingerprint density at radius 3 is 2.32 bits per heavy atom. The standard InChI is InChI=1S/C25H24N4O2/c1-16-8-7-9-17(2)24(16)28-23(30)15-26-25(31)19-12-13-22-21(14-19)27-18(3)29(22)20-10-5-4-6-11-20/h4-14H,15H2,1-3H3,(H,26,31)(H,28,30). The lowest BCUT2D eigenvalue weighted by molar-refractivity contribution is -0.115. The van der Waals surface area contributed by atoms with Gasteiger partial charge in [0.15, 0.2) is 0 Å². The summed E-state index contributed by atoms with van der Waals surface area (Å²) in [7, 11) is 0. The quantitative estimate of drug-likeness (QED) is 0.513. The number of aromatic nitrogens is 2. The molecule has 6 heteroatoms. The van der Waals surface area contributed by atoms with Gasteiger partial charge in [0.25, 0.3) is 5.91 Å². The van der Waals surface area contributed by atoms with Gasteiger partial charge in [0.2, 0.25) is 5.91 Å². The van der Waals surface area contributed by atoms with E-state index in [1.807, 2.05) is 75.4 Å². The first kappa shape index (κ1) is 20.3. The lowest BCUT2D eigenvalue weighted by Crippen LogP contribution is -2.33. The molecule has 1 aromatic heterocycles. The van der Waals surface area contributed by atoms with Crippen LogP contribution in [0.15, 0.2) is 66.7 Å². The summed E-state index contributed by atoms with van der Waals surface area (Å²) in [5.74, 6) is 0.258. The molecule has 4 rings (SSSR count). The highest BCUT2D eigenvalue weighted by Gasteiger charge is 2.14. The van der Waals surface area contributed by atoms with Crippen molar-refractivity contribution in [1.82, 2.24) is 14.9 Å². The minimum atomic E-state index is -0.314. The first-order chi connectivity index (χ1) is 14.9. The Morgan fingerprint density at radius 1 is 0.903 bits per heavy atom. The van der Waals surface area contributed by atoms with Crippen molar-refractivity contribution in [2.45, 2.75) is 20.8 Å². The highest BCUT2D eigenvalue weighted by molar-refractivity contribution is 6.01. The second kappa shape index (κ2) is 8.44. The highest BCUT2D eigenvalue weighted by Crippen LogP contribution is 2.22. The molecule has 1 heterocycles. The molecular formula is C25H24N4O2. The number of carbonyl (C=O) groups is 2. The van der Waals surface area contributed by atoms with Crippen molar-refractivity contribution in [3.63, 3.8) is 0 Å². The molecule has 156 valence electrons. The van der Waals surface area contributed by atoms with Gasteiger partial charge in [-0.15, -0.1) is 0 Å². The molecule has 2 amide bonds. The Labute approximate surface area is 180 Å². The van der Waals surface area contributed by atoms with Crippen molar-refractivity contribution >= 4 is 28.5 Å². The third-order valence-corrected chi connectivity index (χ3v) is 5.25. The van der Waals surface area contributed by atoms with Gasteiger partial charge >= 0.3 is 0 Å². The van der Waals surface area contributed by atoms with Crippen molar-refractivity contribution in [3.8, 4) is 5.69 Å². The number of hydrogen-bond acceptors (Lipinski definition) is 3. The molecule has 0 unspecified atom stereocenters. The number of nitrogens with one attached hydrogen (secondary N) is 2. The number of fused-ring (bicyclic) bond motifs is 1. The zero-order chi connectivity index (χ0) is 22.0. The second-order valence-corrected chi connectivity index (χ2v) is 7.53. The number of carbonyl (C=O) groups excluding carboxylic acids is 2. The molecular weight excluding hydrogens is 388 g/mol. The Kier molecular flexibility index (Phi) is 5.54.